The largest absolute Gasteiger partial charge is 0.416 e. The van der Waals surface area contributed by atoms with Gasteiger partial charge in [-0.15, -0.1) is 0 Å². The molecule has 0 spiro atoms. The number of carbonyl (C=O) groups excluding carboxylic acids is 1. The molecule has 3 atom stereocenters. The van der Waals surface area contributed by atoms with Gasteiger partial charge in [0.1, 0.15) is 6.10 Å². The number of carbonyl (C=O) groups is 1. The maximum Gasteiger partial charge on any atom is 0.416 e. The maximum atomic E-state index is 13.1. The summed E-state index contributed by atoms with van der Waals surface area (Å²) in [6.07, 6.45) is -4.26. The molecule has 3 unspecified atom stereocenters. The van der Waals surface area contributed by atoms with E-state index in [1.54, 1.807) is 11.0 Å². The second-order valence-corrected chi connectivity index (χ2v) is 6.05. The predicted molar refractivity (Wildman–Crippen MR) is 74.0 cm³/mol. The molecule has 2 fully saturated rings. The number of hydrogen-bond acceptors (Lipinski definition) is 2. The number of benzene rings is 1. The highest BCUT2D eigenvalue weighted by atomic mass is 19.4. The molecular weight excluding hydrogens is 295 g/mol. The minimum absolute atomic E-state index is 0.0385. The lowest BCUT2D eigenvalue weighted by Crippen LogP contribution is -2.43. The molecule has 1 amide bonds. The van der Waals surface area contributed by atoms with E-state index in [1.165, 1.54) is 12.1 Å². The predicted octanol–water partition coefficient (Wildman–Crippen LogP) is 3.26. The van der Waals surface area contributed by atoms with Gasteiger partial charge < -0.3 is 9.64 Å². The zero-order valence-electron chi connectivity index (χ0n) is 12.3. The van der Waals surface area contributed by atoms with Crippen LogP contribution in [0.15, 0.2) is 24.3 Å². The van der Waals surface area contributed by atoms with Gasteiger partial charge in [-0.1, -0.05) is 25.1 Å². The molecule has 0 aromatic heterocycles. The van der Waals surface area contributed by atoms with Crippen LogP contribution in [0.5, 0.6) is 0 Å². The fourth-order valence-corrected chi connectivity index (χ4v) is 2.97. The topological polar surface area (TPSA) is 29.5 Å². The van der Waals surface area contributed by atoms with Crippen molar-refractivity contribution in [3.8, 4) is 0 Å². The minimum Gasteiger partial charge on any atom is -0.370 e. The number of ether oxygens (including phenoxy) is 1. The number of alkyl halides is 3. The van der Waals surface area contributed by atoms with Gasteiger partial charge in [0.2, 0.25) is 5.91 Å². The van der Waals surface area contributed by atoms with Crippen molar-refractivity contribution in [1.29, 1.82) is 0 Å². The first-order chi connectivity index (χ1) is 10.4. The van der Waals surface area contributed by atoms with Crippen molar-refractivity contribution in [1.82, 2.24) is 4.90 Å². The molecule has 0 N–H and O–H groups in total. The number of morpholine rings is 1. The number of amides is 1. The van der Waals surface area contributed by atoms with Crippen molar-refractivity contribution in [3.05, 3.63) is 35.4 Å². The smallest absolute Gasteiger partial charge is 0.370 e. The molecule has 1 saturated carbocycles. The number of hydrogen-bond donors (Lipinski definition) is 0. The Balaban J connectivity index is 1.79. The normalized spacial score (nSPS) is 28.5. The average Bonchev–Trinajstić information content (AvgIpc) is 3.23. The van der Waals surface area contributed by atoms with E-state index in [0.29, 0.717) is 12.5 Å². The van der Waals surface area contributed by atoms with Gasteiger partial charge in [-0.25, -0.2) is 0 Å². The average molecular weight is 313 g/mol. The van der Waals surface area contributed by atoms with Gasteiger partial charge >= 0.3 is 6.18 Å². The summed E-state index contributed by atoms with van der Waals surface area (Å²) in [4.78, 5) is 13.9. The van der Waals surface area contributed by atoms with Crippen LogP contribution in [0, 0.1) is 11.8 Å². The zero-order valence-corrected chi connectivity index (χ0v) is 12.3. The van der Waals surface area contributed by atoms with Crippen LogP contribution in [0.4, 0.5) is 13.2 Å². The summed E-state index contributed by atoms with van der Waals surface area (Å²) in [6.45, 7) is 2.92. The lowest BCUT2D eigenvalue weighted by Gasteiger charge is -2.34. The van der Waals surface area contributed by atoms with Crippen molar-refractivity contribution >= 4 is 5.91 Å². The van der Waals surface area contributed by atoms with Gasteiger partial charge in [0, 0.05) is 12.5 Å². The third-order valence-electron chi connectivity index (χ3n) is 4.42. The maximum absolute atomic E-state index is 13.1. The Morgan fingerprint density at radius 1 is 1.32 bits per heavy atom. The summed E-state index contributed by atoms with van der Waals surface area (Å²) in [5.74, 6) is 0.471. The molecule has 0 bridgehead atoms. The summed E-state index contributed by atoms with van der Waals surface area (Å²) in [7, 11) is 0. The SMILES string of the molecule is CC1CC1C(=O)N1CCOC(c2ccccc2C(F)(F)F)C1. The Hall–Kier alpha value is -1.56. The van der Waals surface area contributed by atoms with Crippen LogP contribution in [0.2, 0.25) is 0 Å². The summed E-state index contributed by atoms with van der Waals surface area (Å²) in [5.41, 5.74) is -0.578. The first-order valence-corrected chi connectivity index (χ1v) is 7.44. The summed E-state index contributed by atoms with van der Waals surface area (Å²) in [5, 5.41) is 0. The van der Waals surface area contributed by atoms with Crippen molar-refractivity contribution in [2.24, 2.45) is 11.8 Å². The van der Waals surface area contributed by atoms with E-state index in [-0.39, 0.29) is 30.5 Å². The van der Waals surface area contributed by atoms with Crippen LogP contribution < -0.4 is 0 Å². The van der Waals surface area contributed by atoms with Crippen molar-refractivity contribution in [2.45, 2.75) is 25.6 Å². The Morgan fingerprint density at radius 2 is 2.00 bits per heavy atom. The molecule has 6 heteroatoms. The third-order valence-corrected chi connectivity index (χ3v) is 4.42. The number of rotatable bonds is 2. The minimum atomic E-state index is -4.42. The molecule has 1 heterocycles. The Kier molecular flexibility index (Phi) is 3.89. The molecule has 120 valence electrons. The van der Waals surface area contributed by atoms with E-state index < -0.39 is 17.8 Å². The molecule has 1 aromatic rings. The van der Waals surface area contributed by atoms with Crippen molar-refractivity contribution in [3.63, 3.8) is 0 Å². The lowest BCUT2D eigenvalue weighted by atomic mass is 10.0. The zero-order chi connectivity index (χ0) is 15.9. The van der Waals surface area contributed by atoms with E-state index in [1.807, 2.05) is 6.92 Å². The lowest BCUT2D eigenvalue weighted by molar-refractivity contribution is -0.144. The highest BCUT2D eigenvalue weighted by Crippen LogP contribution is 2.41. The third kappa shape index (κ3) is 2.97. The van der Waals surface area contributed by atoms with E-state index >= 15 is 0 Å². The molecule has 3 rings (SSSR count). The van der Waals surface area contributed by atoms with Gasteiger partial charge in [0.15, 0.2) is 0 Å². The van der Waals surface area contributed by atoms with Gasteiger partial charge in [0.05, 0.1) is 18.7 Å². The van der Waals surface area contributed by atoms with Crippen LogP contribution in [-0.4, -0.2) is 30.5 Å². The van der Waals surface area contributed by atoms with Gasteiger partial charge in [0.25, 0.3) is 0 Å². The first-order valence-electron chi connectivity index (χ1n) is 7.44. The fraction of sp³-hybridized carbons (Fsp3) is 0.562. The van der Waals surface area contributed by atoms with E-state index in [0.717, 1.165) is 12.5 Å². The molecule has 1 aliphatic heterocycles. The second-order valence-electron chi connectivity index (χ2n) is 6.05. The van der Waals surface area contributed by atoms with E-state index in [2.05, 4.69) is 0 Å². The van der Waals surface area contributed by atoms with E-state index in [4.69, 9.17) is 4.74 Å². The molecule has 1 saturated heterocycles. The van der Waals surface area contributed by atoms with Gasteiger partial charge in [-0.2, -0.15) is 13.2 Å². The second kappa shape index (κ2) is 5.57. The summed E-state index contributed by atoms with van der Waals surface area (Å²) >= 11 is 0. The highest BCUT2D eigenvalue weighted by Gasteiger charge is 2.43. The molecular formula is C16H18F3NO2. The molecule has 3 nitrogen and oxygen atoms in total. The fourth-order valence-electron chi connectivity index (χ4n) is 2.97. The number of halogens is 3. The molecule has 2 aliphatic rings. The van der Waals surface area contributed by atoms with E-state index in [9.17, 15) is 18.0 Å². The molecule has 22 heavy (non-hydrogen) atoms. The van der Waals surface area contributed by atoms with Crippen LogP contribution >= 0.6 is 0 Å². The van der Waals surface area contributed by atoms with Gasteiger partial charge in [-0.3, -0.25) is 4.79 Å². The summed E-state index contributed by atoms with van der Waals surface area (Å²) < 4.78 is 44.9. The summed E-state index contributed by atoms with van der Waals surface area (Å²) in [6, 6.07) is 5.42. The quantitative estimate of drug-likeness (QED) is 0.839. The molecule has 1 aromatic carbocycles. The standard InChI is InChI=1S/C16H18F3NO2/c1-10-8-12(10)15(21)20-6-7-22-14(9-20)11-4-2-3-5-13(11)16(17,18)19/h2-5,10,12,14H,6-9H2,1H3. The van der Waals surface area contributed by atoms with Crippen LogP contribution in [0.25, 0.3) is 0 Å². The Morgan fingerprint density at radius 3 is 2.64 bits per heavy atom. The Labute approximate surface area is 127 Å². The number of nitrogens with zero attached hydrogens (tertiary/aromatic N) is 1. The Bertz CT molecular complexity index is 573. The molecule has 0 radical (unpaired) electrons. The van der Waals surface area contributed by atoms with Crippen LogP contribution in [-0.2, 0) is 15.7 Å². The highest BCUT2D eigenvalue weighted by molar-refractivity contribution is 5.81. The van der Waals surface area contributed by atoms with Crippen molar-refractivity contribution < 1.29 is 22.7 Å². The van der Waals surface area contributed by atoms with Crippen LogP contribution in [0.3, 0.4) is 0 Å². The first kappa shape index (κ1) is 15.3. The van der Waals surface area contributed by atoms with Gasteiger partial charge in [-0.05, 0) is 24.0 Å². The monoisotopic (exact) mass is 313 g/mol. The van der Waals surface area contributed by atoms with Crippen LogP contribution in [0.1, 0.15) is 30.6 Å². The molecule has 1 aliphatic carbocycles. The van der Waals surface area contributed by atoms with Crippen molar-refractivity contribution in [2.75, 3.05) is 19.7 Å².